The second-order valence-electron chi connectivity index (χ2n) is 6.06. The highest BCUT2D eigenvalue weighted by atomic mass is 32.2. The van der Waals surface area contributed by atoms with Gasteiger partial charge in [0.25, 0.3) is 0 Å². The van der Waals surface area contributed by atoms with Crippen LogP contribution in [0.3, 0.4) is 0 Å². The first-order valence-corrected chi connectivity index (χ1v) is 9.10. The SMILES string of the molecule is CSCCC(C)N1C(=O)NC(=O)C2(CCCCCC2)C1=O. The highest BCUT2D eigenvalue weighted by molar-refractivity contribution is 7.98. The quantitative estimate of drug-likeness (QED) is 0.810. The first-order chi connectivity index (χ1) is 10.0. The fourth-order valence-corrected chi connectivity index (χ4v) is 3.86. The van der Waals surface area contributed by atoms with Crippen molar-refractivity contribution in [2.75, 3.05) is 12.0 Å². The van der Waals surface area contributed by atoms with E-state index < -0.39 is 11.4 Å². The summed E-state index contributed by atoms with van der Waals surface area (Å²) in [6, 6.07) is -0.716. The molecule has 0 aromatic rings. The molecule has 2 fully saturated rings. The lowest BCUT2D eigenvalue weighted by Crippen LogP contribution is -2.65. The fourth-order valence-electron chi connectivity index (χ4n) is 3.29. The summed E-state index contributed by atoms with van der Waals surface area (Å²) in [5.74, 6) is 0.235. The molecule has 1 N–H and O–H groups in total. The van der Waals surface area contributed by atoms with Crippen LogP contribution in [0.25, 0.3) is 0 Å². The van der Waals surface area contributed by atoms with Gasteiger partial charge in [0.1, 0.15) is 5.41 Å². The van der Waals surface area contributed by atoms with E-state index in [1.165, 1.54) is 4.90 Å². The molecule has 1 aliphatic carbocycles. The number of nitrogens with one attached hydrogen (secondary N) is 1. The number of carbonyl (C=O) groups is 3. The average molecular weight is 312 g/mol. The number of rotatable bonds is 4. The Kier molecular flexibility index (Phi) is 5.30. The number of amides is 4. The molecule has 0 aromatic heterocycles. The Morgan fingerprint density at radius 1 is 1.19 bits per heavy atom. The van der Waals surface area contributed by atoms with Crippen LogP contribution in [0.15, 0.2) is 0 Å². The van der Waals surface area contributed by atoms with E-state index in [2.05, 4.69) is 5.32 Å². The van der Waals surface area contributed by atoms with Gasteiger partial charge in [0.15, 0.2) is 0 Å². The number of hydrogen-bond acceptors (Lipinski definition) is 4. The Morgan fingerprint density at radius 2 is 1.81 bits per heavy atom. The van der Waals surface area contributed by atoms with Crippen LogP contribution < -0.4 is 5.32 Å². The van der Waals surface area contributed by atoms with Crippen molar-refractivity contribution in [3.63, 3.8) is 0 Å². The van der Waals surface area contributed by atoms with E-state index >= 15 is 0 Å². The molecule has 1 aliphatic heterocycles. The van der Waals surface area contributed by atoms with Gasteiger partial charge in [-0.3, -0.25) is 19.8 Å². The topological polar surface area (TPSA) is 66.5 Å². The minimum atomic E-state index is -1.00. The fraction of sp³-hybridized carbons (Fsp3) is 0.800. The van der Waals surface area contributed by atoms with Gasteiger partial charge in [-0.2, -0.15) is 11.8 Å². The molecule has 2 aliphatic rings. The summed E-state index contributed by atoms with van der Waals surface area (Å²) in [6.07, 6.45) is 7.75. The number of hydrogen-bond donors (Lipinski definition) is 1. The summed E-state index contributed by atoms with van der Waals surface area (Å²) < 4.78 is 0. The Balaban J connectivity index is 2.24. The molecule has 5 nitrogen and oxygen atoms in total. The van der Waals surface area contributed by atoms with Gasteiger partial charge in [0, 0.05) is 6.04 Å². The Hall–Kier alpha value is -1.04. The third-order valence-corrected chi connectivity index (χ3v) is 5.28. The lowest BCUT2D eigenvalue weighted by Gasteiger charge is -2.41. The zero-order valence-electron chi connectivity index (χ0n) is 12.8. The molecule has 0 aromatic carbocycles. The Bertz CT molecular complexity index is 431. The zero-order chi connectivity index (χ0) is 15.5. The molecule has 1 saturated heterocycles. The third kappa shape index (κ3) is 3.10. The van der Waals surface area contributed by atoms with Gasteiger partial charge in [-0.15, -0.1) is 0 Å². The number of nitrogens with zero attached hydrogens (tertiary/aromatic N) is 1. The van der Waals surface area contributed by atoms with Crippen molar-refractivity contribution in [2.45, 2.75) is 57.9 Å². The molecule has 0 radical (unpaired) electrons. The van der Waals surface area contributed by atoms with Gasteiger partial charge in [-0.1, -0.05) is 25.7 Å². The summed E-state index contributed by atoms with van der Waals surface area (Å²) >= 11 is 1.69. The molecule has 1 atom stereocenters. The van der Waals surface area contributed by atoms with E-state index in [1.807, 2.05) is 13.2 Å². The largest absolute Gasteiger partial charge is 0.331 e. The van der Waals surface area contributed by atoms with Crippen LogP contribution in [0.4, 0.5) is 4.79 Å². The summed E-state index contributed by atoms with van der Waals surface area (Å²) in [5, 5.41) is 2.43. The number of barbiturate groups is 1. The molecular weight excluding hydrogens is 288 g/mol. The van der Waals surface area contributed by atoms with Gasteiger partial charge in [-0.05, 0) is 38.2 Å². The minimum Gasteiger partial charge on any atom is -0.277 e. The first kappa shape index (κ1) is 16.3. The molecule has 6 heteroatoms. The summed E-state index contributed by atoms with van der Waals surface area (Å²) in [4.78, 5) is 38.7. The highest BCUT2D eigenvalue weighted by Crippen LogP contribution is 2.39. The van der Waals surface area contributed by atoms with Crippen LogP contribution in [0.1, 0.15) is 51.9 Å². The molecule has 2 rings (SSSR count). The summed E-state index contributed by atoms with van der Waals surface area (Å²) in [6.45, 7) is 1.88. The number of imide groups is 2. The monoisotopic (exact) mass is 312 g/mol. The van der Waals surface area contributed by atoms with Gasteiger partial charge in [0.2, 0.25) is 11.8 Å². The second-order valence-corrected chi connectivity index (χ2v) is 7.05. The van der Waals surface area contributed by atoms with Crippen molar-refractivity contribution in [3.05, 3.63) is 0 Å². The van der Waals surface area contributed by atoms with Gasteiger partial charge < -0.3 is 0 Å². The maximum Gasteiger partial charge on any atom is 0.331 e. The first-order valence-electron chi connectivity index (χ1n) is 7.71. The molecular formula is C15H24N2O3S. The predicted molar refractivity (Wildman–Crippen MR) is 83.0 cm³/mol. The van der Waals surface area contributed by atoms with E-state index in [-0.39, 0.29) is 17.9 Å². The molecule has 1 saturated carbocycles. The van der Waals surface area contributed by atoms with Crippen LogP contribution in [0, 0.1) is 5.41 Å². The maximum atomic E-state index is 12.9. The lowest BCUT2D eigenvalue weighted by molar-refractivity contribution is -0.153. The van der Waals surface area contributed by atoms with Crippen LogP contribution >= 0.6 is 11.8 Å². The molecule has 21 heavy (non-hydrogen) atoms. The van der Waals surface area contributed by atoms with Crippen molar-refractivity contribution < 1.29 is 14.4 Å². The number of urea groups is 1. The van der Waals surface area contributed by atoms with Crippen LogP contribution in [0.2, 0.25) is 0 Å². The van der Waals surface area contributed by atoms with Crippen molar-refractivity contribution in [1.29, 1.82) is 0 Å². The van der Waals surface area contributed by atoms with Crippen molar-refractivity contribution >= 4 is 29.6 Å². The van der Waals surface area contributed by atoms with Crippen LogP contribution in [-0.2, 0) is 9.59 Å². The van der Waals surface area contributed by atoms with E-state index in [0.29, 0.717) is 12.8 Å². The second kappa shape index (κ2) is 6.81. The van der Waals surface area contributed by atoms with Gasteiger partial charge >= 0.3 is 6.03 Å². The van der Waals surface area contributed by atoms with Crippen LogP contribution in [-0.4, -0.2) is 40.8 Å². The smallest absolute Gasteiger partial charge is 0.277 e. The standard InChI is InChI=1S/C15H24N2O3S/c1-11(7-10-21-2)17-13(19)15(12(18)16-14(17)20)8-5-3-4-6-9-15/h11H,3-10H2,1-2H3,(H,16,18,20). The number of carbonyl (C=O) groups excluding carboxylic acids is 3. The van der Waals surface area contributed by atoms with E-state index in [4.69, 9.17) is 0 Å². The molecule has 4 amide bonds. The predicted octanol–water partition coefficient (Wildman–Crippen LogP) is 2.55. The Labute approximate surface area is 130 Å². The molecule has 1 heterocycles. The lowest BCUT2D eigenvalue weighted by atomic mass is 9.76. The van der Waals surface area contributed by atoms with Gasteiger partial charge in [0.05, 0.1) is 0 Å². The van der Waals surface area contributed by atoms with E-state index in [1.54, 1.807) is 11.8 Å². The normalized spacial score (nSPS) is 23.9. The average Bonchev–Trinajstić information content (AvgIpc) is 2.70. The summed E-state index contributed by atoms with van der Waals surface area (Å²) in [7, 11) is 0. The molecule has 118 valence electrons. The minimum absolute atomic E-state index is 0.168. The van der Waals surface area contributed by atoms with Crippen molar-refractivity contribution in [1.82, 2.24) is 10.2 Å². The number of thioether (sulfide) groups is 1. The van der Waals surface area contributed by atoms with Crippen molar-refractivity contribution in [2.24, 2.45) is 5.41 Å². The maximum absolute atomic E-state index is 12.9. The highest BCUT2D eigenvalue weighted by Gasteiger charge is 2.54. The zero-order valence-corrected chi connectivity index (χ0v) is 13.6. The Morgan fingerprint density at radius 3 is 2.38 bits per heavy atom. The molecule has 1 unspecified atom stereocenters. The van der Waals surface area contributed by atoms with Gasteiger partial charge in [-0.25, -0.2) is 4.79 Å². The molecule has 0 bridgehead atoms. The van der Waals surface area contributed by atoms with Crippen molar-refractivity contribution in [3.8, 4) is 0 Å². The van der Waals surface area contributed by atoms with Crippen LogP contribution in [0.5, 0.6) is 0 Å². The van der Waals surface area contributed by atoms with E-state index in [0.717, 1.165) is 37.9 Å². The molecule has 1 spiro atoms. The summed E-state index contributed by atoms with van der Waals surface area (Å²) in [5.41, 5.74) is -1.00. The third-order valence-electron chi connectivity index (χ3n) is 4.64. The van der Waals surface area contributed by atoms with E-state index in [9.17, 15) is 14.4 Å².